The Morgan fingerprint density at radius 3 is 1.21 bits per heavy atom. The van der Waals surface area contributed by atoms with Gasteiger partial charge in [0.15, 0.2) is 0 Å². The minimum Gasteiger partial charge on any atom is -0.396 e. The molecular formula is C14H30N2O6S2. The SMILES string of the molecule is C=CCC[C@@H](CCO)S(N)(=O)=O.C=CCC[C@H](CCO)S(N)(=O)=O. The Balaban J connectivity index is 0. The maximum atomic E-state index is 10.9. The molecule has 0 saturated carbocycles. The van der Waals surface area contributed by atoms with E-state index in [4.69, 9.17) is 20.5 Å². The van der Waals surface area contributed by atoms with E-state index in [1.165, 1.54) is 0 Å². The summed E-state index contributed by atoms with van der Waals surface area (Å²) in [5, 5.41) is 25.7. The first-order valence-electron chi connectivity index (χ1n) is 7.51. The number of hydrogen-bond acceptors (Lipinski definition) is 6. The lowest BCUT2D eigenvalue weighted by Gasteiger charge is -2.11. The van der Waals surface area contributed by atoms with E-state index in [1.807, 2.05) is 0 Å². The van der Waals surface area contributed by atoms with Gasteiger partial charge < -0.3 is 10.2 Å². The average molecular weight is 387 g/mol. The molecule has 10 heteroatoms. The second kappa shape index (κ2) is 13.5. The van der Waals surface area contributed by atoms with Crippen molar-refractivity contribution >= 4 is 20.0 Å². The lowest BCUT2D eigenvalue weighted by molar-refractivity contribution is 0.283. The van der Waals surface area contributed by atoms with Crippen molar-refractivity contribution in [1.82, 2.24) is 0 Å². The zero-order valence-corrected chi connectivity index (χ0v) is 15.5. The molecule has 0 aromatic rings. The van der Waals surface area contributed by atoms with E-state index < -0.39 is 30.5 Å². The Bertz CT molecular complexity index is 496. The van der Waals surface area contributed by atoms with Crippen LogP contribution in [0.2, 0.25) is 0 Å². The number of aliphatic hydroxyl groups excluding tert-OH is 2. The second-order valence-electron chi connectivity index (χ2n) is 5.18. The summed E-state index contributed by atoms with van der Waals surface area (Å²) >= 11 is 0. The molecule has 144 valence electrons. The van der Waals surface area contributed by atoms with Gasteiger partial charge in [0, 0.05) is 13.2 Å². The van der Waals surface area contributed by atoms with E-state index in [9.17, 15) is 16.8 Å². The van der Waals surface area contributed by atoms with Gasteiger partial charge >= 0.3 is 0 Å². The number of nitrogens with two attached hydrogens (primary N) is 2. The molecule has 2 atom stereocenters. The van der Waals surface area contributed by atoms with Crippen molar-refractivity contribution in [2.24, 2.45) is 10.3 Å². The molecule has 0 aliphatic carbocycles. The van der Waals surface area contributed by atoms with E-state index in [2.05, 4.69) is 13.2 Å². The van der Waals surface area contributed by atoms with E-state index in [0.717, 1.165) is 0 Å². The van der Waals surface area contributed by atoms with Gasteiger partial charge in [0.05, 0.1) is 10.5 Å². The third kappa shape index (κ3) is 13.6. The Morgan fingerprint density at radius 2 is 1.04 bits per heavy atom. The van der Waals surface area contributed by atoms with Crippen molar-refractivity contribution in [1.29, 1.82) is 0 Å². The largest absolute Gasteiger partial charge is 0.396 e. The van der Waals surface area contributed by atoms with Crippen LogP contribution in [0.5, 0.6) is 0 Å². The van der Waals surface area contributed by atoms with Crippen LogP contribution in [0.1, 0.15) is 38.5 Å². The van der Waals surface area contributed by atoms with Crippen molar-refractivity contribution in [2.45, 2.75) is 49.0 Å². The highest BCUT2D eigenvalue weighted by atomic mass is 32.2. The number of sulfonamides is 2. The summed E-state index contributed by atoms with van der Waals surface area (Å²) in [5.74, 6) is 0. The molecule has 0 amide bonds. The molecule has 0 aliphatic rings. The van der Waals surface area contributed by atoms with E-state index in [-0.39, 0.29) is 26.1 Å². The third-order valence-electron chi connectivity index (χ3n) is 3.22. The molecule has 0 fully saturated rings. The summed E-state index contributed by atoms with van der Waals surface area (Å²) in [4.78, 5) is 0. The van der Waals surface area contributed by atoms with Gasteiger partial charge in [0.1, 0.15) is 0 Å². The summed E-state index contributed by atoms with van der Waals surface area (Å²) in [6.45, 7) is 6.64. The molecule has 0 rings (SSSR count). The average Bonchev–Trinajstić information content (AvgIpc) is 2.46. The topological polar surface area (TPSA) is 161 Å². The van der Waals surface area contributed by atoms with Gasteiger partial charge in [-0.05, 0) is 38.5 Å². The zero-order valence-electron chi connectivity index (χ0n) is 13.9. The molecule has 0 aromatic heterocycles. The van der Waals surface area contributed by atoms with Gasteiger partial charge in [-0.3, -0.25) is 0 Å². The molecule has 0 aromatic carbocycles. The Kier molecular flexibility index (Phi) is 14.3. The van der Waals surface area contributed by atoms with Gasteiger partial charge in [0.2, 0.25) is 20.0 Å². The zero-order chi connectivity index (χ0) is 19.2. The minimum absolute atomic E-state index is 0.155. The molecule has 24 heavy (non-hydrogen) atoms. The van der Waals surface area contributed by atoms with Crippen molar-refractivity contribution < 1.29 is 27.0 Å². The maximum Gasteiger partial charge on any atom is 0.212 e. The summed E-state index contributed by atoms with van der Waals surface area (Å²) in [7, 11) is -7.01. The lowest BCUT2D eigenvalue weighted by atomic mass is 10.2. The van der Waals surface area contributed by atoms with Gasteiger partial charge in [-0.2, -0.15) is 0 Å². The van der Waals surface area contributed by atoms with E-state index in [0.29, 0.717) is 25.7 Å². The predicted molar refractivity (Wildman–Crippen MR) is 96.1 cm³/mol. The number of rotatable bonds is 12. The van der Waals surface area contributed by atoms with Crippen LogP contribution < -0.4 is 10.3 Å². The highest BCUT2D eigenvalue weighted by Crippen LogP contribution is 2.10. The molecule has 8 nitrogen and oxygen atoms in total. The third-order valence-corrected chi connectivity index (χ3v) is 6.02. The molecule has 0 spiro atoms. The summed E-state index contributed by atoms with van der Waals surface area (Å²) in [6.07, 6.45) is 5.73. The minimum atomic E-state index is -3.51. The van der Waals surface area contributed by atoms with Crippen LogP contribution in [-0.4, -0.2) is 50.8 Å². The van der Waals surface area contributed by atoms with Crippen LogP contribution in [0.4, 0.5) is 0 Å². The number of hydrogen-bond donors (Lipinski definition) is 4. The molecule has 0 unspecified atom stereocenters. The molecular weight excluding hydrogens is 356 g/mol. The van der Waals surface area contributed by atoms with Crippen molar-refractivity contribution in [2.75, 3.05) is 13.2 Å². The normalized spacial score (nSPS) is 14.2. The van der Waals surface area contributed by atoms with Crippen LogP contribution in [-0.2, 0) is 20.0 Å². The smallest absolute Gasteiger partial charge is 0.212 e. The van der Waals surface area contributed by atoms with Gasteiger partial charge in [-0.1, -0.05) is 12.2 Å². The Morgan fingerprint density at radius 1 is 0.750 bits per heavy atom. The van der Waals surface area contributed by atoms with Gasteiger partial charge in [-0.15, -0.1) is 13.2 Å². The molecule has 0 heterocycles. The van der Waals surface area contributed by atoms with E-state index >= 15 is 0 Å². The number of allylic oxidation sites excluding steroid dienone is 2. The maximum absolute atomic E-state index is 10.9. The predicted octanol–water partition coefficient (Wildman–Crippen LogP) is -0.0158. The molecule has 0 bridgehead atoms. The van der Waals surface area contributed by atoms with Crippen LogP contribution in [0.25, 0.3) is 0 Å². The van der Waals surface area contributed by atoms with Crippen LogP contribution in [0.15, 0.2) is 25.3 Å². The summed E-state index contributed by atoms with van der Waals surface area (Å²) < 4.78 is 43.4. The Hall–Kier alpha value is -0.780. The highest BCUT2D eigenvalue weighted by Gasteiger charge is 2.20. The monoisotopic (exact) mass is 386 g/mol. The first-order valence-corrected chi connectivity index (χ1v) is 10.7. The molecule has 0 aliphatic heterocycles. The fourth-order valence-corrected chi connectivity index (χ4v) is 3.64. The van der Waals surface area contributed by atoms with Crippen LogP contribution in [0, 0.1) is 0 Å². The fourth-order valence-electron chi connectivity index (χ4n) is 1.84. The molecule has 6 N–H and O–H groups in total. The van der Waals surface area contributed by atoms with Crippen molar-refractivity contribution in [3.63, 3.8) is 0 Å². The van der Waals surface area contributed by atoms with Gasteiger partial charge in [-0.25, -0.2) is 27.1 Å². The first kappa shape index (κ1) is 25.5. The van der Waals surface area contributed by atoms with Crippen LogP contribution >= 0.6 is 0 Å². The summed E-state index contributed by atoms with van der Waals surface area (Å²) in [6, 6.07) is 0. The van der Waals surface area contributed by atoms with Gasteiger partial charge in [0.25, 0.3) is 0 Å². The summed E-state index contributed by atoms with van der Waals surface area (Å²) in [5.41, 5.74) is 0. The first-order chi connectivity index (χ1) is 11.0. The lowest BCUT2D eigenvalue weighted by Crippen LogP contribution is -2.29. The number of primary sulfonamides is 2. The molecule has 0 radical (unpaired) electrons. The standard InChI is InChI=1S/2C7H15NO3S/c2*1-2-3-4-7(5-6-9)12(8,10)11/h2*2,7,9H,1,3-6H2,(H2,8,10,11)/t2*7-/m10/s1. The van der Waals surface area contributed by atoms with Crippen LogP contribution in [0.3, 0.4) is 0 Å². The second-order valence-corrected chi connectivity index (χ2v) is 8.87. The highest BCUT2D eigenvalue weighted by molar-refractivity contribution is 7.90. The molecule has 0 saturated heterocycles. The quantitative estimate of drug-likeness (QED) is 0.345. The van der Waals surface area contributed by atoms with Crippen molar-refractivity contribution in [3.05, 3.63) is 25.3 Å². The fraction of sp³-hybridized carbons (Fsp3) is 0.714. The van der Waals surface area contributed by atoms with Crippen molar-refractivity contribution in [3.8, 4) is 0 Å². The Labute approximate surface area is 145 Å². The number of aliphatic hydroxyl groups is 2. The van der Waals surface area contributed by atoms with E-state index in [1.54, 1.807) is 12.2 Å².